The van der Waals surface area contributed by atoms with Gasteiger partial charge in [0.2, 0.25) is 18.7 Å². The van der Waals surface area contributed by atoms with Gasteiger partial charge in [-0.3, -0.25) is 14.4 Å². The lowest BCUT2D eigenvalue weighted by Gasteiger charge is -2.36. The Morgan fingerprint density at radius 3 is 2.43 bits per heavy atom. The number of hydrogen-bond donors (Lipinski definition) is 4. The van der Waals surface area contributed by atoms with E-state index in [1.54, 1.807) is 13.8 Å². The average Bonchev–Trinajstić information content (AvgIpc) is 3.34. The van der Waals surface area contributed by atoms with Crippen LogP contribution < -0.4 is 21.1 Å². The molecular formula is C27H43N3O4S. The maximum Gasteiger partial charge on any atom is 0.219 e. The smallest absolute Gasteiger partial charge is 0.219 e. The largest absolute Gasteiger partial charge is 0.493 e. The van der Waals surface area contributed by atoms with Gasteiger partial charge in [0.05, 0.1) is 12.6 Å². The summed E-state index contributed by atoms with van der Waals surface area (Å²) in [4.78, 5) is 30.5. The predicted octanol–water partition coefficient (Wildman–Crippen LogP) is 4.19. The first-order valence-corrected chi connectivity index (χ1v) is 13.1. The molecule has 1 aromatic rings. The minimum absolute atomic E-state index is 0.00926. The second-order valence-electron chi connectivity index (χ2n) is 9.40. The number of thiol groups is 1. The molecule has 1 heterocycles. The van der Waals surface area contributed by atoms with Crippen LogP contribution >= 0.6 is 12.6 Å². The number of rotatable bonds is 11. The van der Waals surface area contributed by atoms with Gasteiger partial charge < -0.3 is 21.1 Å². The van der Waals surface area contributed by atoms with E-state index in [9.17, 15) is 14.4 Å². The Labute approximate surface area is 216 Å². The van der Waals surface area contributed by atoms with Gasteiger partial charge in [-0.15, -0.1) is 0 Å². The average molecular weight is 506 g/mol. The van der Waals surface area contributed by atoms with Crippen LogP contribution in [0, 0.1) is 17.3 Å². The summed E-state index contributed by atoms with van der Waals surface area (Å²) in [7, 11) is 0. The highest BCUT2D eigenvalue weighted by molar-refractivity contribution is 7.80. The summed E-state index contributed by atoms with van der Waals surface area (Å²) in [6, 6.07) is 7.90. The number of carbonyl (C=O) groups excluding carboxylic acids is 3. The lowest BCUT2D eigenvalue weighted by Crippen LogP contribution is -2.30. The van der Waals surface area contributed by atoms with Gasteiger partial charge in [0, 0.05) is 24.4 Å². The van der Waals surface area contributed by atoms with E-state index < -0.39 is 0 Å². The molecule has 0 spiro atoms. The van der Waals surface area contributed by atoms with Crippen LogP contribution in [0.4, 0.5) is 0 Å². The second-order valence-corrected chi connectivity index (χ2v) is 9.85. The fraction of sp³-hybridized carbons (Fsp3) is 0.593. The Morgan fingerprint density at radius 1 is 1.20 bits per heavy atom. The van der Waals surface area contributed by atoms with Gasteiger partial charge in [0.25, 0.3) is 0 Å². The number of hydrogen-bond acceptors (Lipinski definition) is 5. The van der Waals surface area contributed by atoms with Crippen molar-refractivity contribution in [2.75, 3.05) is 18.9 Å². The van der Waals surface area contributed by atoms with E-state index in [2.05, 4.69) is 42.3 Å². The van der Waals surface area contributed by atoms with Crippen molar-refractivity contribution in [1.82, 2.24) is 10.6 Å². The van der Waals surface area contributed by atoms with Crippen molar-refractivity contribution in [2.45, 2.75) is 65.3 Å². The lowest BCUT2D eigenvalue weighted by atomic mass is 9.70. The Bertz CT molecular complexity index is 792. The molecule has 0 saturated heterocycles. The number of para-hydroxylation sites is 1. The van der Waals surface area contributed by atoms with Gasteiger partial charge in [-0.2, -0.15) is 12.6 Å². The molecule has 0 radical (unpaired) electrons. The number of carbonyl (C=O) groups is 3. The standard InChI is InChI=1S/C13H23NOS.C10H11NO2.C4H9NO/c1-12(5-4-10-16)13(6-2-3-7-13)8-9-14-11-15;12-7-11-9-5-6-13-10-4-2-1-3-8(9)10;1-3(2)4(5)6/h2-3,11-12,16H,4-10H2,1H3,(H,14,15);1-4,7,9H,5-6H2,(H,11,12);3H,1-2H3,(H2,5,6). The molecule has 2 atom stereocenters. The third kappa shape index (κ3) is 10.8. The molecule has 0 aromatic heterocycles. The van der Waals surface area contributed by atoms with Crippen LogP contribution in [0.15, 0.2) is 36.4 Å². The maximum atomic E-state index is 10.3. The van der Waals surface area contributed by atoms with E-state index in [0.717, 1.165) is 49.3 Å². The van der Waals surface area contributed by atoms with Gasteiger partial charge >= 0.3 is 0 Å². The predicted molar refractivity (Wildman–Crippen MR) is 144 cm³/mol. The summed E-state index contributed by atoms with van der Waals surface area (Å²) in [5.74, 6) is 2.32. The van der Waals surface area contributed by atoms with Crippen LogP contribution in [-0.2, 0) is 14.4 Å². The molecular weight excluding hydrogens is 462 g/mol. The molecule has 0 fully saturated rings. The number of nitrogens with two attached hydrogens (primary N) is 1. The molecule has 3 amide bonds. The highest BCUT2D eigenvalue weighted by Crippen LogP contribution is 2.45. The molecule has 2 aliphatic rings. The summed E-state index contributed by atoms with van der Waals surface area (Å²) in [6.07, 6.45) is 12.8. The Hall–Kier alpha value is -2.48. The third-order valence-electron chi connectivity index (χ3n) is 6.70. The first-order valence-electron chi connectivity index (χ1n) is 12.4. The monoisotopic (exact) mass is 505 g/mol. The van der Waals surface area contributed by atoms with Crippen LogP contribution in [-0.4, -0.2) is 37.6 Å². The van der Waals surface area contributed by atoms with E-state index in [4.69, 9.17) is 10.5 Å². The molecule has 1 aliphatic carbocycles. The number of amides is 3. The number of benzene rings is 1. The van der Waals surface area contributed by atoms with Crippen LogP contribution in [0.25, 0.3) is 0 Å². The van der Waals surface area contributed by atoms with Crippen LogP contribution in [0.1, 0.15) is 70.9 Å². The minimum atomic E-state index is -0.241. The number of fused-ring (bicyclic) bond motifs is 1. The summed E-state index contributed by atoms with van der Waals surface area (Å²) in [5, 5.41) is 5.57. The molecule has 35 heavy (non-hydrogen) atoms. The molecule has 1 aliphatic heterocycles. The number of ether oxygens (including phenoxy) is 1. The van der Waals surface area contributed by atoms with E-state index in [-0.39, 0.29) is 17.9 Å². The summed E-state index contributed by atoms with van der Waals surface area (Å²) >= 11 is 4.28. The van der Waals surface area contributed by atoms with Crippen molar-refractivity contribution in [3.8, 4) is 5.75 Å². The molecule has 2 unspecified atom stereocenters. The van der Waals surface area contributed by atoms with E-state index >= 15 is 0 Å². The fourth-order valence-electron chi connectivity index (χ4n) is 4.25. The van der Waals surface area contributed by atoms with Crippen LogP contribution in [0.3, 0.4) is 0 Å². The molecule has 196 valence electrons. The summed E-state index contributed by atoms with van der Waals surface area (Å²) < 4.78 is 5.44. The van der Waals surface area contributed by atoms with E-state index in [1.165, 1.54) is 25.7 Å². The highest BCUT2D eigenvalue weighted by Gasteiger charge is 2.35. The maximum absolute atomic E-state index is 10.3. The number of primary amides is 1. The van der Waals surface area contributed by atoms with Crippen molar-refractivity contribution in [3.05, 3.63) is 42.0 Å². The fourth-order valence-corrected chi connectivity index (χ4v) is 4.44. The molecule has 8 heteroatoms. The third-order valence-corrected chi connectivity index (χ3v) is 7.02. The second kappa shape index (κ2) is 17.0. The Kier molecular flexibility index (Phi) is 14.9. The molecule has 3 rings (SSSR count). The molecule has 7 nitrogen and oxygen atoms in total. The topological polar surface area (TPSA) is 111 Å². The molecule has 4 N–H and O–H groups in total. The number of nitrogens with one attached hydrogen (secondary N) is 2. The van der Waals surface area contributed by atoms with Gasteiger partial charge in [0.15, 0.2) is 0 Å². The molecule has 0 saturated carbocycles. The first kappa shape index (κ1) is 30.6. The molecule has 1 aromatic carbocycles. The SMILES string of the molecule is CC(C)C(N)=O.CC(CCCS)C1(CCNC=O)CC=CC1.O=CNC1CCOc2ccccc21. The van der Waals surface area contributed by atoms with Crippen molar-refractivity contribution in [1.29, 1.82) is 0 Å². The zero-order valence-electron chi connectivity index (χ0n) is 21.4. The Morgan fingerprint density at radius 2 is 1.86 bits per heavy atom. The van der Waals surface area contributed by atoms with E-state index in [1.807, 2.05) is 24.3 Å². The van der Waals surface area contributed by atoms with Crippen molar-refractivity contribution in [2.24, 2.45) is 23.0 Å². The first-order chi connectivity index (χ1) is 16.8. The van der Waals surface area contributed by atoms with Crippen molar-refractivity contribution < 1.29 is 19.1 Å². The van der Waals surface area contributed by atoms with Crippen LogP contribution in [0.2, 0.25) is 0 Å². The van der Waals surface area contributed by atoms with Gasteiger partial charge in [-0.05, 0) is 55.3 Å². The van der Waals surface area contributed by atoms with Gasteiger partial charge in [0.1, 0.15) is 5.75 Å². The Balaban J connectivity index is 0.000000289. The van der Waals surface area contributed by atoms with Gasteiger partial charge in [-0.25, -0.2) is 0 Å². The highest BCUT2D eigenvalue weighted by atomic mass is 32.1. The summed E-state index contributed by atoms with van der Waals surface area (Å²) in [6.45, 7) is 7.35. The normalized spacial score (nSPS) is 17.9. The summed E-state index contributed by atoms with van der Waals surface area (Å²) in [5.41, 5.74) is 6.25. The minimum Gasteiger partial charge on any atom is -0.493 e. The number of allylic oxidation sites excluding steroid dienone is 2. The van der Waals surface area contributed by atoms with Gasteiger partial charge in [-0.1, -0.05) is 51.1 Å². The van der Waals surface area contributed by atoms with Crippen molar-refractivity contribution in [3.63, 3.8) is 0 Å². The lowest BCUT2D eigenvalue weighted by molar-refractivity contribution is -0.120. The zero-order chi connectivity index (χ0) is 26.1. The quantitative estimate of drug-likeness (QED) is 0.156. The molecule has 0 bridgehead atoms. The zero-order valence-corrected chi connectivity index (χ0v) is 22.3. The van der Waals surface area contributed by atoms with E-state index in [0.29, 0.717) is 17.9 Å². The van der Waals surface area contributed by atoms with Crippen LogP contribution in [0.5, 0.6) is 5.75 Å². The van der Waals surface area contributed by atoms with Crippen molar-refractivity contribution >= 4 is 31.4 Å².